The zero-order valence-corrected chi connectivity index (χ0v) is 14.4. The smallest absolute Gasteiger partial charge is 0.0307 e. The van der Waals surface area contributed by atoms with Gasteiger partial charge in [-0.25, -0.2) is 0 Å². The number of aryl methyl sites for hydroxylation is 1. The van der Waals surface area contributed by atoms with Crippen molar-refractivity contribution in [2.75, 3.05) is 13.1 Å². The van der Waals surface area contributed by atoms with E-state index in [2.05, 4.69) is 69.1 Å². The zero-order valence-electron chi connectivity index (χ0n) is 14.4. The molecule has 2 heteroatoms. The van der Waals surface area contributed by atoms with Crippen molar-refractivity contribution in [3.8, 4) is 0 Å². The fourth-order valence-corrected chi connectivity index (χ4v) is 3.17. The van der Waals surface area contributed by atoms with Gasteiger partial charge in [0.05, 0.1) is 0 Å². The Morgan fingerprint density at radius 2 is 1.95 bits per heavy atom. The first kappa shape index (κ1) is 16.5. The summed E-state index contributed by atoms with van der Waals surface area (Å²) in [6.45, 7) is 14.9. The number of nitrogens with zero attached hydrogens (tertiary/aromatic N) is 1. The maximum atomic E-state index is 3.79. The van der Waals surface area contributed by atoms with Gasteiger partial charge in [0.1, 0.15) is 0 Å². The number of nitrogens with one attached hydrogen (secondary N) is 1. The normalized spacial score (nSPS) is 28.5. The van der Waals surface area contributed by atoms with Gasteiger partial charge in [0.2, 0.25) is 0 Å². The molecule has 0 spiro atoms. The summed E-state index contributed by atoms with van der Waals surface area (Å²) in [4.78, 5) is 2.70. The fraction of sp³-hybridized carbons (Fsp3) is 0.684. The molecule has 0 amide bonds. The molecule has 1 heterocycles. The Bertz CT molecular complexity index is 439. The standard InChI is InChI=1S/C19H32N2/c1-6-16(4)18-13-21(19(5,7-2)14-20-18)12-17-10-8-15(3)9-11-17/h8-11,16,18,20H,6-7,12-14H2,1-5H3. The molecule has 1 saturated heterocycles. The molecule has 3 atom stereocenters. The molecule has 2 rings (SSSR count). The van der Waals surface area contributed by atoms with Crippen LogP contribution in [0.5, 0.6) is 0 Å². The van der Waals surface area contributed by atoms with E-state index in [1.165, 1.54) is 24.0 Å². The summed E-state index contributed by atoms with van der Waals surface area (Å²) in [6, 6.07) is 9.65. The van der Waals surface area contributed by atoms with E-state index in [9.17, 15) is 0 Å². The highest BCUT2D eigenvalue weighted by molar-refractivity contribution is 5.21. The highest BCUT2D eigenvalue weighted by Gasteiger charge is 2.37. The van der Waals surface area contributed by atoms with E-state index in [1.807, 2.05) is 0 Å². The predicted octanol–water partition coefficient (Wildman–Crippen LogP) is 3.98. The molecule has 21 heavy (non-hydrogen) atoms. The molecule has 118 valence electrons. The van der Waals surface area contributed by atoms with Gasteiger partial charge in [-0.3, -0.25) is 4.90 Å². The summed E-state index contributed by atoms with van der Waals surface area (Å²) in [5.41, 5.74) is 3.05. The van der Waals surface area contributed by atoms with E-state index in [0.717, 1.165) is 25.6 Å². The van der Waals surface area contributed by atoms with Gasteiger partial charge in [-0.1, -0.05) is 57.0 Å². The molecular formula is C19H32N2. The Hall–Kier alpha value is -0.860. The van der Waals surface area contributed by atoms with Crippen molar-refractivity contribution in [1.82, 2.24) is 10.2 Å². The molecule has 3 unspecified atom stereocenters. The van der Waals surface area contributed by atoms with Crippen molar-refractivity contribution in [1.29, 1.82) is 0 Å². The van der Waals surface area contributed by atoms with Gasteiger partial charge in [-0.05, 0) is 31.7 Å². The van der Waals surface area contributed by atoms with E-state index in [4.69, 9.17) is 0 Å². The Morgan fingerprint density at radius 3 is 2.52 bits per heavy atom. The van der Waals surface area contributed by atoms with Crippen LogP contribution in [0.25, 0.3) is 0 Å². The van der Waals surface area contributed by atoms with Gasteiger partial charge in [-0.15, -0.1) is 0 Å². The van der Waals surface area contributed by atoms with Gasteiger partial charge >= 0.3 is 0 Å². The minimum Gasteiger partial charge on any atom is -0.311 e. The fourth-order valence-electron chi connectivity index (χ4n) is 3.17. The van der Waals surface area contributed by atoms with E-state index < -0.39 is 0 Å². The summed E-state index contributed by atoms with van der Waals surface area (Å²) in [6.07, 6.45) is 2.44. The first-order chi connectivity index (χ1) is 9.98. The van der Waals surface area contributed by atoms with Crippen molar-refractivity contribution in [3.05, 3.63) is 35.4 Å². The molecule has 0 aliphatic carbocycles. The van der Waals surface area contributed by atoms with Crippen LogP contribution in [0.15, 0.2) is 24.3 Å². The van der Waals surface area contributed by atoms with Crippen molar-refractivity contribution >= 4 is 0 Å². The van der Waals surface area contributed by atoms with Crippen LogP contribution in [-0.2, 0) is 6.54 Å². The van der Waals surface area contributed by atoms with Gasteiger partial charge in [0, 0.05) is 31.2 Å². The number of benzene rings is 1. The van der Waals surface area contributed by atoms with Crippen LogP contribution in [0.3, 0.4) is 0 Å². The Balaban J connectivity index is 2.12. The van der Waals surface area contributed by atoms with Crippen molar-refractivity contribution < 1.29 is 0 Å². The molecule has 0 radical (unpaired) electrons. The molecule has 0 bridgehead atoms. The number of piperazine rings is 1. The lowest BCUT2D eigenvalue weighted by molar-refractivity contribution is 0.0294. The minimum absolute atomic E-state index is 0.273. The van der Waals surface area contributed by atoms with Gasteiger partial charge in [0.25, 0.3) is 0 Å². The van der Waals surface area contributed by atoms with Crippen LogP contribution in [0.1, 0.15) is 51.7 Å². The quantitative estimate of drug-likeness (QED) is 0.881. The third-order valence-corrected chi connectivity index (χ3v) is 5.51. The molecule has 1 aromatic rings. The molecule has 1 aliphatic rings. The molecule has 0 saturated carbocycles. The minimum atomic E-state index is 0.273. The molecule has 1 aromatic carbocycles. The summed E-state index contributed by atoms with van der Waals surface area (Å²) < 4.78 is 0. The molecule has 1 aliphatic heterocycles. The summed E-state index contributed by atoms with van der Waals surface area (Å²) >= 11 is 0. The largest absolute Gasteiger partial charge is 0.311 e. The third-order valence-electron chi connectivity index (χ3n) is 5.51. The van der Waals surface area contributed by atoms with Crippen molar-refractivity contribution in [2.24, 2.45) is 5.92 Å². The second kappa shape index (κ2) is 6.93. The highest BCUT2D eigenvalue weighted by atomic mass is 15.3. The SMILES string of the molecule is CCC(C)C1CN(Cc2ccc(C)cc2)C(C)(CC)CN1. The van der Waals surface area contributed by atoms with Crippen LogP contribution < -0.4 is 5.32 Å². The Labute approximate surface area is 130 Å². The first-order valence-corrected chi connectivity index (χ1v) is 8.52. The van der Waals surface area contributed by atoms with Crippen LogP contribution >= 0.6 is 0 Å². The topological polar surface area (TPSA) is 15.3 Å². The number of hydrogen-bond acceptors (Lipinski definition) is 2. The third kappa shape index (κ3) is 3.87. The van der Waals surface area contributed by atoms with E-state index in [1.54, 1.807) is 0 Å². The lowest BCUT2D eigenvalue weighted by atomic mass is 9.87. The second-order valence-electron chi connectivity index (χ2n) is 7.09. The van der Waals surface area contributed by atoms with Crippen molar-refractivity contribution in [2.45, 2.75) is 65.6 Å². The monoisotopic (exact) mass is 288 g/mol. The maximum absolute atomic E-state index is 3.79. The molecule has 1 fully saturated rings. The second-order valence-corrected chi connectivity index (χ2v) is 7.09. The van der Waals surface area contributed by atoms with Crippen LogP contribution in [-0.4, -0.2) is 29.6 Å². The predicted molar refractivity (Wildman–Crippen MR) is 91.5 cm³/mol. The first-order valence-electron chi connectivity index (χ1n) is 8.52. The summed E-state index contributed by atoms with van der Waals surface area (Å²) in [7, 11) is 0. The van der Waals surface area contributed by atoms with Gasteiger partial charge in [-0.2, -0.15) is 0 Å². The maximum Gasteiger partial charge on any atom is 0.0307 e. The van der Waals surface area contributed by atoms with Crippen LogP contribution in [0.2, 0.25) is 0 Å². The molecule has 0 aromatic heterocycles. The lowest BCUT2D eigenvalue weighted by Gasteiger charge is -2.49. The zero-order chi connectivity index (χ0) is 15.5. The van der Waals surface area contributed by atoms with E-state index in [-0.39, 0.29) is 5.54 Å². The van der Waals surface area contributed by atoms with E-state index in [0.29, 0.717) is 6.04 Å². The number of rotatable bonds is 5. The van der Waals surface area contributed by atoms with Gasteiger partial charge in [0.15, 0.2) is 0 Å². The highest BCUT2D eigenvalue weighted by Crippen LogP contribution is 2.27. The summed E-state index contributed by atoms with van der Waals surface area (Å²) in [5.74, 6) is 0.743. The Morgan fingerprint density at radius 1 is 1.29 bits per heavy atom. The van der Waals surface area contributed by atoms with Crippen molar-refractivity contribution in [3.63, 3.8) is 0 Å². The van der Waals surface area contributed by atoms with Gasteiger partial charge < -0.3 is 5.32 Å². The van der Waals surface area contributed by atoms with Crippen LogP contribution in [0, 0.1) is 12.8 Å². The Kier molecular flexibility index (Phi) is 5.45. The average Bonchev–Trinajstić information content (AvgIpc) is 2.51. The summed E-state index contributed by atoms with van der Waals surface area (Å²) in [5, 5.41) is 3.79. The number of hydrogen-bond donors (Lipinski definition) is 1. The molecular weight excluding hydrogens is 256 g/mol. The lowest BCUT2D eigenvalue weighted by Crippen LogP contribution is -2.63. The molecule has 1 N–H and O–H groups in total. The van der Waals surface area contributed by atoms with E-state index >= 15 is 0 Å². The molecule has 2 nitrogen and oxygen atoms in total. The van der Waals surface area contributed by atoms with Crippen LogP contribution in [0.4, 0.5) is 0 Å². The average molecular weight is 288 g/mol.